The summed E-state index contributed by atoms with van der Waals surface area (Å²) in [5.74, 6) is -0.529. The number of hydrogen-bond donors (Lipinski definition) is 0. The van der Waals surface area contributed by atoms with Gasteiger partial charge in [0.15, 0.2) is 5.78 Å². The highest BCUT2D eigenvalue weighted by molar-refractivity contribution is 6.42. The number of rotatable bonds is 2. The Balaban J connectivity index is 1.97. The van der Waals surface area contributed by atoms with Crippen molar-refractivity contribution in [3.8, 4) is 0 Å². The maximum Gasteiger partial charge on any atom is 0.344 e. The molecular weight excluding hydrogens is 311 g/mol. The minimum atomic E-state index is -0.459. The lowest BCUT2D eigenvalue weighted by Crippen LogP contribution is -1.97. The molecule has 0 bridgehead atoms. The molecule has 0 atom stereocenters. The van der Waals surface area contributed by atoms with Crippen LogP contribution in [0.2, 0.25) is 10.0 Å². The lowest BCUT2D eigenvalue weighted by Gasteiger charge is -2.01. The highest BCUT2D eigenvalue weighted by Gasteiger charge is 2.26. The maximum atomic E-state index is 12.2. The summed E-state index contributed by atoms with van der Waals surface area (Å²) >= 11 is 11.7. The van der Waals surface area contributed by atoms with Crippen LogP contribution in [0.5, 0.6) is 0 Å². The van der Waals surface area contributed by atoms with Gasteiger partial charge in [-0.1, -0.05) is 41.4 Å². The van der Waals surface area contributed by atoms with Gasteiger partial charge < -0.3 is 4.74 Å². The molecule has 1 aliphatic heterocycles. The number of carbonyl (C=O) groups is 2. The van der Waals surface area contributed by atoms with E-state index in [0.29, 0.717) is 26.7 Å². The van der Waals surface area contributed by atoms with Crippen molar-refractivity contribution in [3.63, 3.8) is 0 Å². The van der Waals surface area contributed by atoms with Gasteiger partial charge in [-0.2, -0.15) is 0 Å². The van der Waals surface area contributed by atoms with Crippen molar-refractivity contribution in [2.24, 2.45) is 0 Å². The van der Waals surface area contributed by atoms with Crippen LogP contribution in [0.25, 0.3) is 5.76 Å². The van der Waals surface area contributed by atoms with Gasteiger partial charge in [0, 0.05) is 17.2 Å². The largest absolute Gasteiger partial charge is 0.422 e. The first-order valence-corrected chi connectivity index (χ1v) is 6.84. The van der Waals surface area contributed by atoms with E-state index in [1.807, 2.05) is 0 Å². The Hall–Kier alpha value is -2.10. The number of halogens is 2. The number of hydrogen-bond acceptors (Lipinski definition) is 3. The maximum absolute atomic E-state index is 12.2. The van der Waals surface area contributed by atoms with Crippen LogP contribution in [0, 0.1) is 0 Å². The van der Waals surface area contributed by atoms with Crippen LogP contribution >= 0.6 is 23.2 Å². The molecule has 0 N–H and O–H groups in total. The fourth-order valence-corrected chi connectivity index (χ4v) is 2.34. The molecule has 5 heteroatoms. The molecule has 0 spiro atoms. The van der Waals surface area contributed by atoms with Gasteiger partial charge in [-0.15, -0.1) is 0 Å². The van der Waals surface area contributed by atoms with Crippen LogP contribution in [-0.4, -0.2) is 11.8 Å². The predicted molar refractivity (Wildman–Crippen MR) is 80.6 cm³/mol. The number of ketones is 1. The zero-order chi connectivity index (χ0) is 15.0. The molecule has 0 fully saturated rings. The number of benzene rings is 2. The van der Waals surface area contributed by atoms with Gasteiger partial charge in [-0.3, -0.25) is 4.79 Å². The summed E-state index contributed by atoms with van der Waals surface area (Å²) in [4.78, 5) is 23.9. The Morgan fingerprint density at radius 2 is 1.71 bits per heavy atom. The topological polar surface area (TPSA) is 43.4 Å². The van der Waals surface area contributed by atoms with E-state index in [0.717, 1.165) is 0 Å². The molecule has 2 aromatic carbocycles. The minimum absolute atomic E-state index is 0.242. The van der Waals surface area contributed by atoms with E-state index in [2.05, 4.69) is 0 Å². The van der Waals surface area contributed by atoms with E-state index >= 15 is 0 Å². The van der Waals surface area contributed by atoms with E-state index in [4.69, 9.17) is 27.9 Å². The Morgan fingerprint density at radius 1 is 1.00 bits per heavy atom. The van der Waals surface area contributed by atoms with Gasteiger partial charge in [0.1, 0.15) is 5.76 Å². The summed E-state index contributed by atoms with van der Waals surface area (Å²) in [6.07, 6.45) is 1.28. The molecule has 3 rings (SSSR count). The molecule has 0 radical (unpaired) electrons. The highest BCUT2D eigenvalue weighted by atomic mass is 35.5. The van der Waals surface area contributed by atoms with Gasteiger partial charge >= 0.3 is 5.97 Å². The summed E-state index contributed by atoms with van der Waals surface area (Å²) in [5, 5.41) is 0.670. The number of ether oxygens (including phenoxy) is 1. The van der Waals surface area contributed by atoms with Gasteiger partial charge in [-0.25, -0.2) is 4.79 Å². The molecule has 0 saturated heterocycles. The summed E-state index contributed by atoms with van der Waals surface area (Å²) in [6.45, 7) is 0. The van der Waals surface area contributed by atoms with Crippen molar-refractivity contribution in [3.05, 3.63) is 75.3 Å². The molecular formula is C16H8Cl2O3. The molecule has 104 valence electrons. The Bertz CT molecular complexity index is 794. The van der Waals surface area contributed by atoms with Crippen LogP contribution < -0.4 is 0 Å². The summed E-state index contributed by atoms with van der Waals surface area (Å²) in [7, 11) is 0. The third kappa shape index (κ3) is 2.58. The van der Waals surface area contributed by atoms with Crippen LogP contribution in [0.15, 0.2) is 48.5 Å². The molecule has 1 aliphatic rings. The summed E-state index contributed by atoms with van der Waals surface area (Å²) in [5.41, 5.74) is 1.43. The average molecular weight is 319 g/mol. The molecule has 3 nitrogen and oxygen atoms in total. The van der Waals surface area contributed by atoms with Crippen molar-refractivity contribution in [2.75, 3.05) is 0 Å². The van der Waals surface area contributed by atoms with Crippen molar-refractivity contribution in [1.82, 2.24) is 0 Å². The number of allylic oxidation sites excluding steroid dienone is 1. The Labute approximate surface area is 130 Å². The van der Waals surface area contributed by atoms with Crippen LogP contribution in [0.4, 0.5) is 0 Å². The van der Waals surface area contributed by atoms with Crippen LogP contribution in [-0.2, 0) is 4.74 Å². The fourth-order valence-electron chi connectivity index (χ4n) is 2.04. The first-order chi connectivity index (χ1) is 10.1. The van der Waals surface area contributed by atoms with E-state index in [-0.39, 0.29) is 11.5 Å². The number of fused-ring (bicyclic) bond motifs is 1. The molecule has 0 amide bonds. The lowest BCUT2D eigenvalue weighted by atomic mass is 10.1. The Kier molecular flexibility index (Phi) is 3.53. The van der Waals surface area contributed by atoms with E-state index in [1.54, 1.807) is 36.4 Å². The predicted octanol–water partition coefficient (Wildman–Crippen LogP) is 4.39. The fraction of sp³-hybridized carbons (Fsp3) is 0. The second kappa shape index (κ2) is 5.35. The zero-order valence-corrected chi connectivity index (χ0v) is 12.1. The Morgan fingerprint density at radius 3 is 2.43 bits per heavy atom. The standard InChI is InChI=1S/C16H8Cl2O3/c17-12-6-5-9(7-13(12)18)14(19)8-15-10-3-1-2-4-11(10)16(20)21-15/h1-8H. The lowest BCUT2D eigenvalue weighted by molar-refractivity contribution is 0.0715. The second-order valence-electron chi connectivity index (χ2n) is 4.44. The number of cyclic esters (lactones) is 1. The molecule has 0 saturated carbocycles. The van der Waals surface area contributed by atoms with Gasteiger partial charge in [0.25, 0.3) is 0 Å². The van der Waals surface area contributed by atoms with Crippen molar-refractivity contribution >= 4 is 40.7 Å². The summed E-state index contributed by atoms with van der Waals surface area (Å²) in [6, 6.07) is 11.5. The zero-order valence-electron chi connectivity index (χ0n) is 10.6. The van der Waals surface area contributed by atoms with Gasteiger partial charge in [0.05, 0.1) is 15.6 Å². The molecule has 2 aromatic rings. The number of carbonyl (C=O) groups excluding carboxylic acids is 2. The molecule has 0 aromatic heterocycles. The average Bonchev–Trinajstić information content (AvgIpc) is 2.79. The van der Waals surface area contributed by atoms with Crippen molar-refractivity contribution in [2.45, 2.75) is 0 Å². The number of esters is 1. The second-order valence-corrected chi connectivity index (χ2v) is 5.25. The third-order valence-corrected chi connectivity index (χ3v) is 3.82. The monoisotopic (exact) mass is 318 g/mol. The first kappa shape index (κ1) is 13.9. The van der Waals surface area contributed by atoms with E-state index in [9.17, 15) is 9.59 Å². The molecule has 0 aliphatic carbocycles. The van der Waals surface area contributed by atoms with E-state index in [1.165, 1.54) is 12.1 Å². The SMILES string of the molecule is O=C(C=C1OC(=O)c2ccccc21)c1ccc(Cl)c(Cl)c1. The van der Waals surface area contributed by atoms with Crippen LogP contribution in [0.3, 0.4) is 0 Å². The molecule has 0 unspecified atom stereocenters. The van der Waals surface area contributed by atoms with Gasteiger partial charge in [-0.05, 0) is 24.3 Å². The van der Waals surface area contributed by atoms with Crippen LogP contribution in [0.1, 0.15) is 26.3 Å². The highest BCUT2D eigenvalue weighted by Crippen LogP contribution is 2.30. The minimum Gasteiger partial charge on any atom is -0.422 e. The smallest absolute Gasteiger partial charge is 0.344 e. The molecule has 1 heterocycles. The third-order valence-electron chi connectivity index (χ3n) is 3.08. The molecule has 21 heavy (non-hydrogen) atoms. The van der Waals surface area contributed by atoms with Crippen molar-refractivity contribution < 1.29 is 14.3 Å². The summed E-state index contributed by atoms with van der Waals surface area (Å²) < 4.78 is 5.12. The normalized spacial score (nSPS) is 15.0. The van der Waals surface area contributed by atoms with E-state index < -0.39 is 5.97 Å². The quantitative estimate of drug-likeness (QED) is 0.468. The van der Waals surface area contributed by atoms with Gasteiger partial charge in [0.2, 0.25) is 0 Å². The first-order valence-electron chi connectivity index (χ1n) is 6.09. The van der Waals surface area contributed by atoms with Crippen molar-refractivity contribution in [1.29, 1.82) is 0 Å².